The summed E-state index contributed by atoms with van der Waals surface area (Å²) < 4.78 is 1.95. The predicted molar refractivity (Wildman–Crippen MR) is 110 cm³/mol. The number of fused-ring (bicyclic) bond motifs is 1. The van der Waals surface area contributed by atoms with Crippen LogP contribution in [0, 0.1) is 0 Å². The van der Waals surface area contributed by atoms with Crippen molar-refractivity contribution in [3.63, 3.8) is 0 Å². The lowest BCUT2D eigenvalue weighted by molar-refractivity contribution is 0.0957. The largest absolute Gasteiger partial charge is 0.361 e. The molecule has 1 amide bonds. The molecule has 0 atom stereocenters. The lowest BCUT2D eigenvalue weighted by Gasteiger charge is -2.04. The van der Waals surface area contributed by atoms with Gasteiger partial charge in [-0.25, -0.2) is 4.98 Å². The van der Waals surface area contributed by atoms with Crippen molar-refractivity contribution in [3.05, 3.63) is 71.1 Å². The van der Waals surface area contributed by atoms with Gasteiger partial charge in [-0.1, -0.05) is 42.9 Å². The number of amides is 1. The van der Waals surface area contributed by atoms with Crippen LogP contribution >= 0.6 is 11.3 Å². The Morgan fingerprint density at radius 3 is 2.81 bits per heavy atom. The van der Waals surface area contributed by atoms with Crippen molar-refractivity contribution in [2.45, 2.75) is 26.2 Å². The number of carbonyl (C=O) groups is 1. The molecule has 27 heavy (non-hydrogen) atoms. The second kappa shape index (κ2) is 7.80. The molecule has 6 heteroatoms. The number of para-hydroxylation sites is 1. The van der Waals surface area contributed by atoms with Crippen LogP contribution in [0.1, 0.15) is 34.3 Å². The molecule has 0 aliphatic carbocycles. The maximum atomic E-state index is 12.8. The van der Waals surface area contributed by atoms with Gasteiger partial charge in [0.25, 0.3) is 5.91 Å². The van der Waals surface area contributed by atoms with Crippen LogP contribution in [0.15, 0.2) is 55.0 Å². The molecular weight excluding hydrogens is 356 g/mol. The SMILES string of the molecule is CCCc1nc(-n2cccc2)sc1C(=O)NCCc1c[nH]c2ccccc12. The first-order chi connectivity index (χ1) is 13.3. The fraction of sp³-hybridized carbons (Fsp3) is 0.238. The highest BCUT2D eigenvalue weighted by Gasteiger charge is 2.18. The molecule has 0 unspecified atom stereocenters. The number of thiazole rings is 1. The first-order valence-electron chi connectivity index (χ1n) is 9.22. The second-order valence-corrected chi connectivity index (χ2v) is 7.46. The molecule has 4 rings (SSSR count). The Hall–Kier alpha value is -2.86. The molecule has 0 radical (unpaired) electrons. The minimum atomic E-state index is -0.0332. The van der Waals surface area contributed by atoms with Crippen molar-refractivity contribution in [3.8, 4) is 5.13 Å². The highest BCUT2D eigenvalue weighted by Crippen LogP contribution is 2.23. The first kappa shape index (κ1) is 17.5. The van der Waals surface area contributed by atoms with Crippen LogP contribution in [0.3, 0.4) is 0 Å². The Bertz CT molecular complexity index is 1050. The van der Waals surface area contributed by atoms with E-state index < -0.39 is 0 Å². The van der Waals surface area contributed by atoms with E-state index in [9.17, 15) is 4.79 Å². The molecule has 138 valence electrons. The molecule has 2 N–H and O–H groups in total. The Morgan fingerprint density at radius 2 is 2.00 bits per heavy atom. The smallest absolute Gasteiger partial charge is 0.263 e. The quantitative estimate of drug-likeness (QED) is 0.502. The number of H-pyrrole nitrogens is 1. The van der Waals surface area contributed by atoms with E-state index in [0.29, 0.717) is 6.54 Å². The van der Waals surface area contributed by atoms with Gasteiger partial charge in [0.15, 0.2) is 5.13 Å². The van der Waals surface area contributed by atoms with Crippen molar-refractivity contribution in [2.24, 2.45) is 0 Å². The van der Waals surface area contributed by atoms with Gasteiger partial charge in [-0.3, -0.25) is 4.79 Å². The number of hydrogen-bond acceptors (Lipinski definition) is 3. The van der Waals surface area contributed by atoms with Gasteiger partial charge < -0.3 is 14.9 Å². The number of hydrogen-bond donors (Lipinski definition) is 2. The molecule has 0 aliphatic rings. The Balaban J connectivity index is 1.46. The van der Waals surface area contributed by atoms with Gasteiger partial charge in [0.1, 0.15) is 4.88 Å². The number of nitrogens with one attached hydrogen (secondary N) is 2. The van der Waals surface area contributed by atoms with Gasteiger partial charge >= 0.3 is 0 Å². The summed E-state index contributed by atoms with van der Waals surface area (Å²) in [7, 11) is 0. The van der Waals surface area contributed by atoms with Gasteiger partial charge in [-0.05, 0) is 36.6 Å². The summed E-state index contributed by atoms with van der Waals surface area (Å²) in [5.74, 6) is -0.0332. The van der Waals surface area contributed by atoms with Crippen LogP contribution in [0.25, 0.3) is 16.0 Å². The number of aromatic nitrogens is 3. The van der Waals surface area contributed by atoms with E-state index >= 15 is 0 Å². The average Bonchev–Trinajstić information content (AvgIpc) is 3.42. The van der Waals surface area contributed by atoms with E-state index in [1.54, 1.807) is 0 Å². The van der Waals surface area contributed by atoms with E-state index in [-0.39, 0.29) is 5.91 Å². The zero-order valence-corrected chi connectivity index (χ0v) is 16.1. The van der Waals surface area contributed by atoms with E-state index in [1.807, 2.05) is 47.4 Å². The van der Waals surface area contributed by atoms with E-state index in [4.69, 9.17) is 0 Å². The molecule has 0 aliphatic heterocycles. The number of rotatable bonds is 7. The maximum absolute atomic E-state index is 12.8. The zero-order chi connectivity index (χ0) is 18.6. The summed E-state index contributed by atoms with van der Waals surface area (Å²) in [6, 6.07) is 12.1. The molecule has 0 saturated heterocycles. The monoisotopic (exact) mass is 378 g/mol. The zero-order valence-electron chi connectivity index (χ0n) is 15.2. The molecule has 3 heterocycles. The normalized spacial score (nSPS) is 11.1. The lowest BCUT2D eigenvalue weighted by atomic mass is 10.1. The van der Waals surface area contributed by atoms with Gasteiger partial charge in [0.2, 0.25) is 0 Å². The topological polar surface area (TPSA) is 62.7 Å². The molecule has 4 aromatic rings. The van der Waals surface area contributed by atoms with Crippen molar-refractivity contribution in [2.75, 3.05) is 6.54 Å². The number of carbonyl (C=O) groups excluding carboxylic acids is 1. The fourth-order valence-electron chi connectivity index (χ4n) is 3.22. The number of benzene rings is 1. The van der Waals surface area contributed by atoms with E-state index in [1.165, 1.54) is 22.3 Å². The Labute approximate surface area is 162 Å². The molecule has 0 bridgehead atoms. The molecular formula is C21H22N4OS. The highest BCUT2D eigenvalue weighted by atomic mass is 32.1. The average molecular weight is 379 g/mol. The Morgan fingerprint density at radius 1 is 1.19 bits per heavy atom. The van der Waals surface area contributed by atoms with E-state index in [2.05, 4.69) is 34.3 Å². The van der Waals surface area contributed by atoms with Gasteiger partial charge in [0.05, 0.1) is 5.69 Å². The van der Waals surface area contributed by atoms with Gasteiger partial charge in [-0.2, -0.15) is 0 Å². The molecule has 0 fully saturated rings. The van der Waals surface area contributed by atoms with Crippen LogP contribution in [-0.4, -0.2) is 27.0 Å². The van der Waals surface area contributed by atoms with Crippen molar-refractivity contribution in [1.82, 2.24) is 19.9 Å². The first-order valence-corrected chi connectivity index (χ1v) is 10.0. The maximum Gasteiger partial charge on any atom is 0.263 e. The number of nitrogens with zero attached hydrogens (tertiary/aromatic N) is 2. The highest BCUT2D eigenvalue weighted by molar-refractivity contribution is 7.16. The summed E-state index contributed by atoms with van der Waals surface area (Å²) in [4.78, 5) is 21.4. The lowest BCUT2D eigenvalue weighted by Crippen LogP contribution is -2.25. The van der Waals surface area contributed by atoms with Gasteiger partial charge in [-0.15, -0.1) is 0 Å². The molecule has 1 aromatic carbocycles. The standard InChI is InChI=1S/C21H22N4OS/c1-2-7-18-19(27-21(24-18)25-12-5-6-13-25)20(26)22-11-10-15-14-23-17-9-4-3-8-16(15)17/h3-6,8-9,12-14,23H,2,7,10-11H2,1H3,(H,22,26). The van der Waals surface area contributed by atoms with Crippen LogP contribution in [0.2, 0.25) is 0 Å². The molecule has 3 aromatic heterocycles. The van der Waals surface area contributed by atoms with E-state index in [0.717, 1.165) is 40.5 Å². The number of aromatic amines is 1. The summed E-state index contributed by atoms with van der Waals surface area (Å²) in [6.07, 6.45) is 8.49. The molecule has 5 nitrogen and oxygen atoms in total. The third-order valence-electron chi connectivity index (χ3n) is 4.56. The van der Waals surface area contributed by atoms with Crippen LogP contribution in [0.4, 0.5) is 0 Å². The Kier molecular flexibility index (Phi) is 5.07. The van der Waals surface area contributed by atoms with Crippen molar-refractivity contribution >= 4 is 28.1 Å². The summed E-state index contributed by atoms with van der Waals surface area (Å²) >= 11 is 1.45. The summed E-state index contributed by atoms with van der Waals surface area (Å²) in [6.45, 7) is 2.70. The second-order valence-electron chi connectivity index (χ2n) is 6.48. The van der Waals surface area contributed by atoms with Crippen LogP contribution in [0.5, 0.6) is 0 Å². The van der Waals surface area contributed by atoms with Crippen molar-refractivity contribution < 1.29 is 4.79 Å². The third-order valence-corrected chi connectivity index (χ3v) is 5.67. The third kappa shape index (κ3) is 3.66. The number of aryl methyl sites for hydroxylation is 1. The fourth-order valence-corrected chi connectivity index (χ4v) is 4.22. The minimum Gasteiger partial charge on any atom is -0.361 e. The predicted octanol–water partition coefficient (Wildman–Crippen LogP) is 4.34. The summed E-state index contributed by atoms with van der Waals surface area (Å²) in [5.41, 5.74) is 3.23. The minimum absolute atomic E-state index is 0.0332. The van der Waals surface area contributed by atoms with Gasteiger partial charge in [0, 0.05) is 36.0 Å². The van der Waals surface area contributed by atoms with Crippen molar-refractivity contribution in [1.29, 1.82) is 0 Å². The van der Waals surface area contributed by atoms with Crippen LogP contribution in [-0.2, 0) is 12.8 Å². The molecule has 0 spiro atoms. The van der Waals surface area contributed by atoms with Crippen LogP contribution < -0.4 is 5.32 Å². The molecule has 0 saturated carbocycles. The summed E-state index contributed by atoms with van der Waals surface area (Å²) in [5, 5.41) is 5.12.